The van der Waals surface area contributed by atoms with E-state index in [0.717, 1.165) is 44.6 Å². The van der Waals surface area contributed by atoms with E-state index < -0.39 is 11.6 Å². The van der Waals surface area contributed by atoms with Gasteiger partial charge in [-0.3, -0.25) is 4.90 Å². The van der Waals surface area contributed by atoms with E-state index >= 15 is 0 Å². The lowest BCUT2D eigenvalue weighted by Crippen LogP contribution is -2.39. The molecule has 1 aliphatic rings. The molecule has 1 N–H and O–H groups in total. The molecule has 2 nitrogen and oxygen atoms in total. The van der Waals surface area contributed by atoms with Gasteiger partial charge >= 0.3 is 0 Å². The molecule has 0 unspecified atom stereocenters. The molecule has 2 rings (SSSR count). The third-order valence-electron chi connectivity index (χ3n) is 3.70. The first-order valence-corrected chi connectivity index (χ1v) is 7.60. The lowest BCUT2D eigenvalue weighted by atomic mass is 10.0. The number of nitrogens with zero attached hydrogens (tertiary/aromatic N) is 1. The fourth-order valence-corrected chi connectivity index (χ4v) is 2.70. The molecule has 0 aliphatic carbocycles. The van der Waals surface area contributed by atoms with Gasteiger partial charge in [-0.1, -0.05) is 23.3 Å². The zero-order valence-corrected chi connectivity index (χ0v) is 13.2. The van der Waals surface area contributed by atoms with E-state index in [1.54, 1.807) is 0 Å². The Morgan fingerprint density at radius 2 is 2.00 bits per heavy atom. The van der Waals surface area contributed by atoms with E-state index in [4.69, 9.17) is 11.6 Å². The Morgan fingerprint density at radius 3 is 2.57 bits per heavy atom. The maximum absolute atomic E-state index is 13.7. The van der Waals surface area contributed by atoms with Gasteiger partial charge in [0.1, 0.15) is 5.82 Å². The van der Waals surface area contributed by atoms with Gasteiger partial charge in [-0.2, -0.15) is 0 Å². The molecule has 0 amide bonds. The molecule has 0 saturated carbocycles. The standard InChI is InChI=1S/C16H21ClF2N2/c1-11(2)3-6-21-7-4-13(5-8-21)20-16-14(17)9-12(18)10-15(16)19/h3,9-10,13,20H,4-8H2,1-2H3. The predicted molar refractivity (Wildman–Crippen MR) is 83.9 cm³/mol. The topological polar surface area (TPSA) is 15.3 Å². The van der Waals surface area contributed by atoms with E-state index in [1.807, 2.05) is 0 Å². The summed E-state index contributed by atoms with van der Waals surface area (Å²) in [5.74, 6) is -1.29. The molecule has 1 heterocycles. The minimum Gasteiger partial charge on any atom is -0.379 e. The summed E-state index contributed by atoms with van der Waals surface area (Å²) in [4.78, 5) is 2.37. The molecule has 5 heteroatoms. The van der Waals surface area contributed by atoms with Crippen molar-refractivity contribution in [3.05, 3.63) is 40.4 Å². The van der Waals surface area contributed by atoms with Gasteiger partial charge in [0.05, 0.1) is 10.7 Å². The second-order valence-electron chi connectivity index (χ2n) is 5.75. The molecule has 1 aliphatic heterocycles. The van der Waals surface area contributed by atoms with E-state index in [9.17, 15) is 8.78 Å². The SMILES string of the molecule is CC(C)=CCN1CCC(Nc2c(F)cc(F)cc2Cl)CC1. The fourth-order valence-electron chi connectivity index (χ4n) is 2.46. The quantitative estimate of drug-likeness (QED) is 0.825. The maximum Gasteiger partial charge on any atom is 0.150 e. The first kappa shape index (κ1) is 16.2. The number of halogens is 3. The molecule has 1 saturated heterocycles. The molecular weight excluding hydrogens is 294 g/mol. The first-order valence-electron chi connectivity index (χ1n) is 7.22. The van der Waals surface area contributed by atoms with Crippen LogP contribution >= 0.6 is 11.6 Å². The fraction of sp³-hybridized carbons (Fsp3) is 0.500. The first-order chi connectivity index (χ1) is 9.95. The number of nitrogens with one attached hydrogen (secondary N) is 1. The average molecular weight is 315 g/mol. The highest BCUT2D eigenvalue weighted by Crippen LogP contribution is 2.28. The van der Waals surface area contributed by atoms with Crippen molar-refractivity contribution in [1.82, 2.24) is 4.90 Å². The third kappa shape index (κ3) is 4.68. The summed E-state index contributed by atoms with van der Waals surface area (Å²) >= 11 is 5.91. The lowest BCUT2D eigenvalue weighted by Gasteiger charge is -2.32. The highest BCUT2D eigenvalue weighted by Gasteiger charge is 2.20. The second kappa shape index (κ2) is 7.23. The van der Waals surface area contributed by atoms with Crippen LogP contribution in [0, 0.1) is 11.6 Å². The minimum atomic E-state index is -0.653. The van der Waals surface area contributed by atoms with Crippen LogP contribution < -0.4 is 5.32 Å². The van der Waals surface area contributed by atoms with Crippen molar-refractivity contribution in [3.63, 3.8) is 0 Å². The van der Waals surface area contributed by atoms with Crippen molar-refractivity contribution in [2.75, 3.05) is 25.0 Å². The smallest absolute Gasteiger partial charge is 0.150 e. The van der Waals surface area contributed by atoms with Crippen LogP contribution in [0.5, 0.6) is 0 Å². The minimum absolute atomic E-state index is 0.0967. The molecule has 116 valence electrons. The number of piperidine rings is 1. The summed E-state index contributed by atoms with van der Waals surface area (Å²) < 4.78 is 26.8. The van der Waals surface area contributed by atoms with Gasteiger partial charge in [0.25, 0.3) is 0 Å². The van der Waals surface area contributed by atoms with E-state index in [1.165, 1.54) is 5.57 Å². The number of allylic oxidation sites excluding steroid dienone is 1. The summed E-state index contributed by atoms with van der Waals surface area (Å²) in [5.41, 5.74) is 1.52. The molecule has 0 bridgehead atoms. The van der Waals surface area contributed by atoms with Crippen molar-refractivity contribution in [2.24, 2.45) is 0 Å². The number of hydrogen-bond acceptors (Lipinski definition) is 2. The summed E-state index contributed by atoms with van der Waals surface area (Å²) in [5, 5.41) is 3.21. The van der Waals surface area contributed by atoms with Crippen molar-refractivity contribution < 1.29 is 8.78 Å². The predicted octanol–water partition coefficient (Wildman–Crippen LogP) is 4.46. The Labute approximate surface area is 129 Å². The highest BCUT2D eigenvalue weighted by molar-refractivity contribution is 6.33. The molecule has 1 aromatic carbocycles. The zero-order chi connectivity index (χ0) is 15.4. The molecular formula is C16H21ClF2N2. The number of hydrogen-bond donors (Lipinski definition) is 1. The van der Waals surface area contributed by atoms with Crippen LogP contribution in [0.3, 0.4) is 0 Å². The van der Waals surface area contributed by atoms with E-state index in [2.05, 4.69) is 30.1 Å². The van der Waals surface area contributed by atoms with E-state index in [0.29, 0.717) is 0 Å². The van der Waals surface area contributed by atoms with Gasteiger partial charge in [0, 0.05) is 31.7 Å². The van der Waals surface area contributed by atoms with Crippen LogP contribution in [0.4, 0.5) is 14.5 Å². The second-order valence-corrected chi connectivity index (χ2v) is 6.15. The van der Waals surface area contributed by atoms with Crippen LogP contribution in [-0.4, -0.2) is 30.6 Å². The van der Waals surface area contributed by atoms with Gasteiger partial charge in [-0.25, -0.2) is 8.78 Å². The molecule has 0 atom stereocenters. The van der Waals surface area contributed by atoms with Gasteiger partial charge in [0.15, 0.2) is 5.82 Å². The van der Waals surface area contributed by atoms with Gasteiger partial charge in [0.2, 0.25) is 0 Å². The largest absolute Gasteiger partial charge is 0.379 e. The van der Waals surface area contributed by atoms with Crippen molar-refractivity contribution in [1.29, 1.82) is 0 Å². The molecule has 0 spiro atoms. The maximum atomic E-state index is 13.7. The highest BCUT2D eigenvalue weighted by atomic mass is 35.5. The molecule has 1 aromatic rings. The number of anilines is 1. The summed E-state index contributed by atoms with van der Waals surface area (Å²) in [6, 6.07) is 2.17. The van der Waals surface area contributed by atoms with Crippen LogP contribution in [0.1, 0.15) is 26.7 Å². The van der Waals surface area contributed by atoms with Crippen molar-refractivity contribution in [3.8, 4) is 0 Å². The number of benzene rings is 1. The Bertz CT molecular complexity index is 496. The van der Waals surface area contributed by atoms with E-state index in [-0.39, 0.29) is 16.8 Å². The normalized spacial score (nSPS) is 16.8. The Kier molecular flexibility index (Phi) is 5.59. The average Bonchev–Trinajstić information content (AvgIpc) is 2.41. The van der Waals surface area contributed by atoms with Gasteiger partial charge in [-0.15, -0.1) is 0 Å². The zero-order valence-electron chi connectivity index (χ0n) is 12.4. The monoisotopic (exact) mass is 314 g/mol. The summed E-state index contributed by atoms with van der Waals surface area (Å²) in [6.07, 6.45) is 4.05. The van der Waals surface area contributed by atoms with Gasteiger partial charge in [-0.05, 0) is 32.8 Å². The number of likely N-dealkylation sites (tertiary alicyclic amines) is 1. The summed E-state index contributed by atoms with van der Waals surface area (Å²) in [6.45, 7) is 7.06. The summed E-state index contributed by atoms with van der Waals surface area (Å²) in [7, 11) is 0. The Hall–Kier alpha value is -1.13. The molecule has 0 aromatic heterocycles. The third-order valence-corrected chi connectivity index (χ3v) is 4.00. The Balaban J connectivity index is 1.91. The Morgan fingerprint density at radius 1 is 1.33 bits per heavy atom. The van der Waals surface area contributed by atoms with Crippen LogP contribution in [0.25, 0.3) is 0 Å². The molecule has 0 radical (unpaired) electrons. The van der Waals surface area contributed by atoms with Crippen LogP contribution in [-0.2, 0) is 0 Å². The van der Waals surface area contributed by atoms with Gasteiger partial charge < -0.3 is 5.32 Å². The van der Waals surface area contributed by atoms with Crippen molar-refractivity contribution in [2.45, 2.75) is 32.7 Å². The van der Waals surface area contributed by atoms with Crippen molar-refractivity contribution >= 4 is 17.3 Å². The lowest BCUT2D eigenvalue weighted by molar-refractivity contribution is 0.239. The van der Waals surface area contributed by atoms with Crippen LogP contribution in [0.2, 0.25) is 5.02 Å². The molecule has 1 fully saturated rings. The van der Waals surface area contributed by atoms with Crippen LogP contribution in [0.15, 0.2) is 23.8 Å². The number of rotatable bonds is 4. The molecule has 21 heavy (non-hydrogen) atoms.